The fourth-order valence-electron chi connectivity index (χ4n) is 1.65. The van der Waals surface area contributed by atoms with Crippen LogP contribution in [-0.2, 0) is 9.53 Å². The second kappa shape index (κ2) is 7.11. The van der Waals surface area contributed by atoms with E-state index in [4.69, 9.17) is 10.5 Å². The number of nitrogens with two attached hydrogens (primary N) is 1. The number of piperazine rings is 1. The van der Waals surface area contributed by atoms with Crippen LogP contribution in [-0.4, -0.2) is 61.1 Å². The van der Waals surface area contributed by atoms with Gasteiger partial charge in [-0.05, 0) is 6.42 Å². The van der Waals surface area contributed by atoms with E-state index in [-0.39, 0.29) is 18.5 Å². The maximum atomic E-state index is 11.6. The Balaban J connectivity index is 2.33. The molecule has 6 nitrogen and oxygen atoms in total. The van der Waals surface area contributed by atoms with Crippen molar-refractivity contribution in [1.29, 1.82) is 0 Å². The van der Waals surface area contributed by atoms with Crippen LogP contribution in [0.2, 0.25) is 0 Å². The maximum Gasteiger partial charge on any atom is 0.410 e. The van der Waals surface area contributed by atoms with E-state index in [1.807, 2.05) is 6.92 Å². The Labute approximate surface area is 102 Å². The van der Waals surface area contributed by atoms with Crippen LogP contribution >= 0.6 is 0 Å². The molecule has 0 unspecified atom stereocenters. The van der Waals surface area contributed by atoms with Crippen LogP contribution in [0.1, 0.15) is 19.8 Å². The van der Waals surface area contributed by atoms with Crippen LogP contribution in [0.5, 0.6) is 0 Å². The van der Waals surface area contributed by atoms with E-state index in [1.165, 1.54) is 4.90 Å². The number of ether oxygens (including phenoxy) is 1. The average molecular weight is 243 g/mol. The topological polar surface area (TPSA) is 75.9 Å². The molecular formula is C11H21N3O3. The van der Waals surface area contributed by atoms with Crippen molar-refractivity contribution in [2.75, 3.05) is 39.3 Å². The summed E-state index contributed by atoms with van der Waals surface area (Å²) in [5.74, 6) is -0.0610. The molecule has 1 rings (SSSR count). The Kier molecular flexibility index (Phi) is 5.76. The third-order valence-electron chi connectivity index (χ3n) is 2.70. The number of nitrogens with zero attached hydrogens (tertiary/aromatic N) is 2. The van der Waals surface area contributed by atoms with Gasteiger partial charge in [-0.15, -0.1) is 0 Å². The van der Waals surface area contributed by atoms with Gasteiger partial charge in [0.1, 0.15) is 6.54 Å². The van der Waals surface area contributed by atoms with Crippen LogP contribution in [0, 0.1) is 0 Å². The highest BCUT2D eigenvalue weighted by Gasteiger charge is 2.27. The number of amides is 2. The van der Waals surface area contributed by atoms with Crippen molar-refractivity contribution in [2.45, 2.75) is 19.8 Å². The van der Waals surface area contributed by atoms with Crippen LogP contribution in [0.15, 0.2) is 0 Å². The first kappa shape index (κ1) is 13.8. The number of hydrogen-bond donors (Lipinski definition) is 1. The van der Waals surface area contributed by atoms with Gasteiger partial charge in [-0.25, -0.2) is 4.79 Å². The highest BCUT2D eigenvalue weighted by Crippen LogP contribution is 2.05. The van der Waals surface area contributed by atoms with E-state index in [0.717, 1.165) is 12.8 Å². The van der Waals surface area contributed by atoms with Gasteiger partial charge >= 0.3 is 6.09 Å². The van der Waals surface area contributed by atoms with Gasteiger partial charge in [0.2, 0.25) is 5.91 Å². The molecule has 0 bridgehead atoms. The van der Waals surface area contributed by atoms with Crippen molar-refractivity contribution in [3.05, 3.63) is 0 Å². The highest BCUT2D eigenvalue weighted by atomic mass is 16.6. The van der Waals surface area contributed by atoms with Gasteiger partial charge in [0.15, 0.2) is 0 Å². The summed E-state index contributed by atoms with van der Waals surface area (Å²) in [6.45, 7) is 4.63. The molecule has 0 spiro atoms. The standard InChI is InChI=1S/C11H21N3O3/c1-2-3-8-17-11(16)14-7-6-13(5-4-12)10(15)9-14/h2-9,12H2,1H3. The Morgan fingerprint density at radius 2 is 2.24 bits per heavy atom. The molecule has 1 aliphatic heterocycles. The minimum atomic E-state index is -0.390. The molecule has 2 amide bonds. The highest BCUT2D eigenvalue weighted by molar-refractivity contribution is 5.83. The lowest BCUT2D eigenvalue weighted by atomic mass is 10.3. The predicted octanol–water partition coefficient (Wildman–Crippen LogP) is 0.0260. The summed E-state index contributed by atoms with van der Waals surface area (Å²) in [5, 5.41) is 0. The average Bonchev–Trinajstić information content (AvgIpc) is 2.32. The Morgan fingerprint density at radius 1 is 1.47 bits per heavy atom. The van der Waals surface area contributed by atoms with Crippen molar-refractivity contribution >= 4 is 12.0 Å². The molecule has 0 aromatic rings. The molecule has 0 aromatic carbocycles. The summed E-state index contributed by atoms with van der Waals surface area (Å²) < 4.78 is 5.06. The maximum absolute atomic E-state index is 11.6. The van der Waals surface area contributed by atoms with Gasteiger partial charge in [-0.2, -0.15) is 0 Å². The molecule has 0 aromatic heterocycles. The second-order valence-electron chi connectivity index (χ2n) is 4.06. The molecule has 1 fully saturated rings. The molecule has 1 aliphatic rings. The summed E-state index contributed by atoms with van der Waals surface area (Å²) >= 11 is 0. The fraction of sp³-hybridized carbons (Fsp3) is 0.818. The predicted molar refractivity (Wildman–Crippen MR) is 63.5 cm³/mol. The Hall–Kier alpha value is -1.30. The van der Waals surface area contributed by atoms with Crippen LogP contribution in [0.4, 0.5) is 4.79 Å². The Morgan fingerprint density at radius 3 is 2.82 bits per heavy atom. The number of rotatable bonds is 5. The number of hydrogen-bond acceptors (Lipinski definition) is 4. The van der Waals surface area contributed by atoms with Crippen molar-refractivity contribution in [3.8, 4) is 0 Å². The first-order chi connectivity index (χ1) is 8.19. The fourth-order valence-corrected chi connectivity index (χ4v) is 1.65. The lowest BCUT2D eigenvalue weighted by Gasteiger charge is -2.33. The molecule has 0 saturated carbocycles. The van der Waals surface area contributed by atoms with Gasteiger partial charge in [-0.3, -0.25) is 9.69 Å². The molecule has 17 heavy (non-hydrogen) atoms. The minimum absolute atomic E-state index is 0.0610. The largest absolute Gasteiger partial charge is 0.449 e. The van der Waals surface area contributed by atoms with Crippen molar-refractivity contribution < 1.29 is 14.3 Å². The number of carbonyl (C=O) groups excluding carboxylic acids is 2. The van der Waals surface area contributed by atoms with Gasteiger partial charge in [0.25, 0.3) is 0 Å². The van der Waals surface area contributed by atoms with Crippen LogP contribution in [0.3, 0.4) is 0 Å². The third kappa shape index (κ3) is 4.22. The van der Waals surface area contributed by atoms with Gasteiger partial charge in [0, 0.05) is 26.2 Å². The van der Waals surface area contributed by atoms with E-state index in [2.05, 4.69) is 0 Å². The normalized spacial score (nSPS) is 16.2. The van der Waals surface area contributed by atoms with E-state index >= 15 is 0 Å². The van der Waals surface area contributed by atoms with Gasteiger partial charge in [-0.1, -0.05) is 13.3 Å². The van der Waals surface area contributed by atoms with Crippen LogP contribution < -0.4 is 5.73 Å². The van der Waals surface area contributed by atoms with Gasteiger partial charge in [0.05, 0.1) is 6.61 Å². The van der Waals surface area contributed by atoms with Gasteiger partial charge < -0.3 is 15.4 Å². The summed E-state index contributed by atoms with van der Waals surface area (Å²) in [4.78, 5) is 26.4. The summed E-state index contributed by atoms with van der Waals surface area (Å²) in [6.07, 6.45) is 1.45. The molecule has 6 heteroatoms. The zero-order chi connectivity index (χ0) is 12.7. The quantitative estimate of drug-likeness (QED) is 0.691. The SMILES string of the molecule is CCCCOC(=O)N1CCN(CCN)C(=O)C1. The summed E-state index contributed by atoms with van der Waals surface area (Å²) in [6, 6.07) is 0. The smallest absolute Gasteiger partial charge is 0.410 e. The van der Waals surface area contributed by atoms with E-state index in [0.29, 0.717) is 32.8 Å². The summed E-state index contributed by atoms with van der Waals surface area (Å²) in [7, 11) is 0. The molecule has 0 radical (unpaired) electrons. The van der Waals surface area contributed by atoms with E-state index in [9.17, 15) is 9.59 Å². The molecule has 2 N–H and O–H groups in total. The lowest BCUT2D eigenvalue weighted by molar-refractivity contribution is -0.135. The second-order valence-corrected chi connectivity index (χ2v) is 4.06. The van der Waals surface area contributed by atoms with Crippen molar-refractivity contribution in [1.82, 2.24) is 9.80 Å². The zero-order valence-corrected chi connectivity index (χ0v) is 10.4. The third-order valence-corrected chi connectivity index (χ3v) is 2.70. The number of unbranched alkanes of at least 4 members (excludes halogenated alkanes) is 1. The molecule has 1 saturated heterocycles. The van der Waals surface area contributed by atoms with Crippen molar-refractivity contribution in [3.63, 3.8) is 0 Å². The monoisotopic (exact) mass is 243 g/mol. The molecule has 1 heterocycles. The molecule has 0 atom stereocenters. The minimum Gasteiger partial charge on any atom is -0.449 e. The zero-order valence-electron chi connectivity index (χ0n) is 10.4. The Bertz CT molecular complexity index is 271. The molecule has 0 aliphatic carbocycles. The van der Waals surface area contributed by atoms with Crippen molar-refractivity contribution in [2.24, 2.45) is 5.73 Å². The lowest BCUT2D eigenvalue weighted by Crippen LogP contribution is -2.53. The molecular weight excluding hydrogens is 222 g/mol. The van der Waals surface area contributed by atoms with E-state index < -0.39 is 0 Å². The van der Waals surface area contributed by atoms with E-state index in [1.54, 1.807) is 4.90 Å². The first-order valence-electron chi connectivity index (χ1n) is 6.08. The number of carbonyl (C=O) groups is 2. The molecule has 98 valence electrons. The van der Waals surface area contributed by atoms with Crippen LogP contribution in [0.25, 0.3) is 0 Å². The first-order valence-corrected chi connectivity index (χ1v) is 6.08. The summed E-state index contributed by atoms with van der Waals surface area (Å²) in [5.41, 5.74) is 5.40.